The zero-order valence-electron chi connectivity index (χ0n) is 19.6. The van der Waals surface area contributed by atoms with Crippen LogP contribution in [0.2, 0.25) is 0 Å². The zero-order valence-corrected chi connectivity index (χ0v) is 22.0. The molecule has 2 bridgehead atoms. The molecule has 3 aliphatic heterocycles. The van der Waals surface area contributed by atoms with E-state index in [2.05, 4.69) is 26.6 Å². The Morgan fingerprint density at radius 3 is 2.66 bits per heavy atom. The number of carbonyl (C=O) groups is 3. The predicted octanol–water partition coefficient (Wildman–Crippen LogP) is 3.15. The maximum absolute atomic E-state index is 13.9. The first-order valence-corrected chi connectivity index (χ1v) is 14.0. The van der Waals surface area contributed by atoms with Gasteiger partial charge in [-0.3, -0.25) is 14.4 Å². The minimum Gasteiger partial charge on any atom is -0.396 e. The SMILES string of the molecule is CNC(=O)[C@H]1[C@H]2C(=O)N(CCCCCO)C(C(=O)Nc3ccc4ccccc4c3)C23CC(Br)[C@@H]1S3. The summed E-state index contributed by atoms with van der Waals surface area (Å²) in [6.45, 7) is 0.541. The summed E-state index contributed by atoms with van der Waals surface area (Å²) in [5, 5.41) is 17.1. The molecule has 2 aromatic carbocycles. The van der Waals surface area contributed by atoms with Crippen molar-refractivity contribution in [3.05, 3.63) is 42.5 Å². The van der Waals surface area contributed by atoms with E-state index in [9.17, 15) is 14.4 Å². The molecule has 7 nitrogen and oxygen atoms in total. The standard InChI is InChI=1S/C26H30BrN3O4S/c1-28-23(32)19-20-25(34)30(11-5-2-6-12-31)22(26(20)14-18(27)21(19)35-26)24(33)29-17-10-9-15-7-3-4-8-16(15)13-17/h3-4,7-10,13,18-22,31H,2,5-6,11-12,14H2,1H3,(H,28,32)(H,29,33)/t18?,19-,20-,21-,22?,26?/m0/s1. The number of amides is 3. The van der Waals surface area contributed by atoms with E-state index in [4.69, 9.17) is 5.11 Å². The van der Waals surface area contributed by atoms with Crippen molar-refractivity contribution in [1.29, 1.82) is 0 Å². The predicted molar refractivity (Wildman–Crippen MR) is 142 cm³/mol. The number of likely N-dealkylation sites (tertiary alicyclic amines) is 1. The van der Waals surface area contributed by atoms with Crippen LogP contribution in [0.3, 0.4) is 0 Å². The molecule has 3 fully saturated rings. The maximum atomic E-state index is 13.9. The molecule has 3 unspecified atom stereocenters. The fraction of sp³-hybridized carbons (Fsp3) is 0.500. The smallest absolute Gasteiger partial charge is 0.248 e. The maximum Gasteiger partial charge on any atom is 0.248 e. The second kappa shape index (κ2) is 9.75. The molecule has 1 spiro atoms. The summed E-state index contributed by atoms with van der Waals surface area (Å²) in [5.74, 6) is -1.42. The number of halogens is 1. The van der Waals surface area contributed by atoms with E-state index in [1.165, 1.54) is 0 Å². The van der Waals surface area contributed by atoms with Crippen molar-refractivity contribution in [3.8, 4) is 0 Å². The Balaban J connectivity index is 1.48. The Morgan fingerprint density at radius 1 is 1.14 bits per heavy atom. The Bertz CT molecular complexity index is 1160. The van der Waals surface area contributed by atoms with E-state index < -0.39 is 22.6 Å². The number of fused-ring (bicyclic) bond motifs is 2. The van der Waals surface area contributed by atoms with Crippen molar-refractivity contribution in [1.82, 2.24) is 10.2 Å². The highest BCUT2D eigenvalue weighted by Crippen LogP contribution is 2.67. The Morgan fingerprint density at radius 2 is 1.91 bits per heavy atom. The Hall–Kier alpha value is -2.10. The zero-order chi connectivity index (χ0) is 24.7. The van der Waals surface area contributed by atoms with Gasteiger partial charge in [0.15, 0.2) is 0 Å². The summed E-state index contributed by atoms with van der Waals surface area (Å²) in [5.41, 5.74) is 0.692. The Kier molecular flexibility index (Phi) is 6.85. The highest BCUT2D eigenvalue weighted by molar-refractivity contribution is 9.09. The molecule has 6 atom stereocenters. The second-order valence-electron chi connectivity index (χ2n) is 9.64. The summed E-state index contributed by atoms with van der Waals surface area (Å²) in [7, 11) is 1.60. The summed E-state index contributed by atoms with van der Waals surface area (Å²) >= 11 is 5.40. The number of aliphatic hydroxyl groups is 1. The molecule has 3 heterocycles. The third kappa shape index (κ3) is 4.05. The molecule has 0 radical (unpaired) electrons. The number of rotatable bonds is 8. The third-order valence-electron chi connectivity index (χ3n) is 7.66. The van der Waals surface area contributed by atoms with Crippen LogP contribution >= 0.6 is 27.7 Å². The van der Waals surface area contributed by atoms with Crippen LogP contribution in [0.1, 0.15) is 25.7 Å². The third-order valence-corrected chi connectivity index (χ3v) is 10.9. The summed E-state index contributed by atoms with van der Waals surface area (Å²) in [6, 6.07) is 13.1. The van der Waals surface area contributed by atoms with Crippen LogP contribution in [0.25, 0.3) is 10.8 Å². The second-order valence-corrected chi connectivity index (χ2v) is 12.4. The molecule has 0 saturated carbocycles. The molecule has 3 aliphatic rings. The lowest BCUT2D eigenvalue weighted by molar-refractivity contribution is -0.139. The Labute approximate surface area is 217 Å². The van der Waals surface area contributed by atoms with Crippen molar-refractivity contribution < 1.29 is 19.5 Å². The van der Waals surface area contributed by atoms with Gasteiger partial charge in [0.25, 0.3) is 0 Å². The van der Waals surface area contributed by atoms with Gasteiger partial charge in [0.2, 0.25) is 17.7 Å². The number of nitrogens with one attached hydrogen (secondary N) is 2. The van der Waals surface area contributed by atoms with E-state index >= 15 is 0 Å². The van der Waals surface area contributed by atoms with Gasteiger partial charge in [0.05, 0.1) is 16.6 Å². The number of carbonyl (C=O) groups excluding carboxylic acids is 3. The molecule has 3 saturated heterocycles. The topological polar surface area (TPSA) is 98.7 Å². The molecule has 3 N–H and O–H groups in total. The van der Waals surface area contributed by atoms with E-state index in [-0.39, 0.29) is 34.4 Å². The van der Waals surface area contributed by atoms with Crippen molar-refractivity contribution in [2.45, 2.75) is 46.5 Å². The highest BCUT2D eigenvalue weighted by atomic mass is 79.9. The highest BCUT2D eigenvalue weighted by Gasteiger charge is 2.75. The van der Waals surface area contributed by atoms with Crippen LogP contribution in [0.4, 0.5) is 5.69 Å². The lowest BCUT2D eigenvalue weighted by Gasteiger charge is -2.35. The minimum atomic E-state index is -0.662. The molecule has 2 aromatic rings. The van der Waals surface area contributed by atoms with Crippen LogP contribution in [-0.2, 0) is 14.4 Å². The molecular formula is C26H30BrN3O4S. The van der Waals surface area contributed by atoms with Crippen LogP contribution in [0.15, 0.2) is 42.5 Å². The molecule has 3 amide bonds. The fourth-order valence-corrected chi connectivity index (χ4v) is 9.80. The van der Waals surface area contributed by atoms with Gasteiger partial charge in [-0.1, -0.05) is 46.3 Å². The van der Waals surface area contributed by atoms with Crippen molar-refractivity contribution >= 4 is 61.9 Å². The van der Waals surface area contributed by atoms with E-state index in [0.29, 0.717) is 31.5 Å². The number of thioether (sulfide) groups is 1. The molecular weight excluding hydrogens is 530 g/mol. The van der Waals surface area contributed by atoms with Gasteiger partial charge < -0.3 is 20.6 Å². The average molecular weight is 561 g/mol. The average Bonchev–Trinajstić information content (AvgIpc) is 3.44. The van der Waals surface area contributed by atoms with Gasteiger partial charge in [-0.25, -0.2) is 0 Å². The number of alkyl halides is 1. The van der Waals surface area contributed by atoms with Crippen molar-refractivity contribution in [2.75, 3.05) is 25.5 Å². The van der Waals surface area contributed by atoms with Crippen LogP contribution in [0.5, 0.6) is 0 Å². The molecule has 0 aromatic heterocycles. The lowest BCUT2D eigenvalue weighted by Crippen LogP contribution is -2.53. The molecule has 35 heavy (non-hydrogen) atoms. The van der Waals surface area contributed by atoms with E-state index in [1.54, 1.807) is 23.7 Å². The van der Waals surface area contributed by atoms with Crippen LogP contribution in [0, 0.1) is 11.8 Å². The van der Waals surface area contributed by atoms with Gasteiger partial charge in [-0.05, 0) is 48.6 Å². The van der Waals surface area contributed by atoms with Gasteiger partial charge in [0, 0.05) is 36.0 Å². The summed E-state index contributed by atoms with van der Waals surface area (Å²) < 4.78 is -0.648. The van der Waals surface area contributed by atoms with Crippen LogP contribution in [-0.4, -0.2) is 68.8 Å². The largest absolute Gasteiger partial charge is 0.396 e. The molecule has 186 valence electrons. The lowest BCUT2D eigenvalue weighted by atomic mass is 9.70. The van der Waals surface area contributed by atoms with Crippen molar-refractivity contribution in [2.24, 2.45) is 11.8 Å². The number of aliphatic hydroxyl groups excluding tert-OH is 1. The number of nitrogens with zero attached hydrogens (tertiary/aromatic N) is 1. The first-order valence-electron chi connectivity index (χ1n) is 12.2. The van der Waals surface area contributed by atoms with E-state index in [0.717, 1.165) is 17.2 Å². The first-order chi connectivity index (χ1) is 16.9. The molecule has 0 aliphatic carbocycles. The number of unbranched alkanes of at least 4 members (excludes halogenated alkanes) is 2. The minimum absolute atomic E-state index is 0.0450. The fourth-order valence-electron chi connectivity index (χ4n) is 6.19. The summed E-state index contributed by atoms with van der Waals surface area (Å²) in [4.78, 5) is 42.4. The van der Waals surface area contributed by atoms with Crippen molar-refractivity contribution in [3.63, 3.8) is 0 Å². The van der Waals surface area contributed by atoms with Gasteiger partial charge in [0.1, 0.15) is 6.04 Å². The van der Waals surface area contributed by atoms with Gasteiger partial charge in [-0.15, -0.1) is 11.8 Å². The number of anilines is 1. The quantitative estimate of drug-likeness (QED) is 0.341. The number of hydrogen-bond acceptors (Lipinski definition) is 5. The molecule has 9 heteroatoms. The first kappa shape index (κ1) is 24.6. The number of hydrogen-bond donors (Lipinski definition) is 3. The normalized spacial score (nSPS) is 31.1. The van der Waals surface area contributed by atoms with Gasteiger partial charge in [-0.2, -0.15) is 0 Å². The van der Waals surface area contributed by atoms with E-state index in [1.807, 2.05) is 42.5 Å². The van der Waals surface area contributed by atoms with Gasteiger partial charge >= 0.3 is 0 Å². The molecule has 5 rings (SSSR count). The monoisotopic (exact) mass is 559 g/mol. The summed E-state index contributed by atoms with van der Waals surface area (Å²) in [6.07, 6.45) is 2.79. The number of benzene rings is 2. The van der Waals surface area contributed by atoms with Crippen LogP contribution < -0.4 is 10.6 Å².